The third-order valence-corrected chi connectivity index (χ3v) is 1.80. The van der Waals surface area contributed by atoms with Crippen LogP contribution < -0.4 is 5.32 Å². The van der Waals surface area contributed by atoms with E-state index in [1.165, 1.54) is 0 Å². The van der Waals surface area contributed by atoms with Crippen molar-refractivity contribution in [2.45, 2.75) is 13.3 Å². The highest BCUT2D eigenvalue weighted by Crippen LogP contribution is 2.08. The quantitative estimate of drug-likeness (QED) is 0.578. The van der Waals surface area contributed by atoms with Crippen LogP contribution >= 0.6 is 0 Å². The molecular weight excluding hydrogens is 128 g/mol. The maximum atomic E-state index is 9.30. The van der Waals surface area contributed by atoms with Gasteiger partial charge in [-0.1, -0.05) is 6.92 Å². The van der Waals surface area contributed by atoms with Crippen LogP contribution in [-0.2, 0) is 0 Å². The minimum Gasteiger partial charge on any atom is -0.371 e. The number of aliphatic hydroxyl groups is 1. The third-order valence-electron chi connectivity index (χ3n) is 1.80. The SMILES string of the molecule is CC[C](O)N1CCNCC1. The Morgan fingerprint density at radius 3 is 2.60 bits per heavy atom. The van der Waals surface area contributed by atoms with Crippen LogP contribution in [0.1, 0.15) is 13.3 Å². The maximum absolute atomic E-state index is 9.30. The molecule has 0 atom stereocenters. The molecule has 1 saturated heterocycles. The summed E-state index contributed by atoms with van der Waals surface area (Å²) in [5.74, 6) is 0. The Kier molecular flexibility index (Phi) is 3.12. The zero-order chi connectivity index (χ0) is 7.40. The van der Waals surface area contributed by atoms with E-state index in [0.29, 0.717) is 6.23 Å². The van der Waals surface area contributed by atoms with Crippen LogP contribution in [0.3, 0.4) is 0 Å². The average Bonchev–Trinajstić information content (AvgIpc) is 2.05. The standard InChI is InChI=1S/C7H15N2O/c1-2-7(10)9-5-3-8-4-6-9/h8,10H,2-6H2,1H3. The molecule has 2 N–H and O–H groups in total. The summed E-state index contributed by atoms with van der Waals surface area (Å²) in [6, 6.07) is 0. The van der Waals surface area contributed by atoms with Crippen LogP contribution in [0.2, 0.25) is 0 Å². The van der Waals surface area contributed by atoms with E-state index >= 15 is 0 Å². The van der Waals surface area contributed by atoms with E-state index in [9.17, 15) is 5.11 Å². The van der Waals surface area contributed by atoms with Crippen molar-refractivity contribution in [3.05, 3.63) is 6.23 Å². The van der Waals surface area contributed by atoms with Gasteiger partial charge in [-0.05, 0) is 6.42 Å². The van der Waals surface area contributed by atoms with Crippen molar-refractivity contribution in [3.8, 4) is 0 Å². The predicted molar refractivity (Wildman–Crippen MR) is 39.9 cm³/mol. The Balaban J connectivity index is 2.24. The van der Waals surface area contributed by atoms with Crippen LogP contribution in [0.4, 0.5) is 0 Å². The Morgan fingerprint density at radius 2 is 2.10 bits per heavy atom. The average molecular weight is 143 g/mol. The molecule has 0 aromatic rings. The zero-order valence-electron chi connectivity index (χ0n) is 6.43. The first kappa shape index (κ1) is 7.98. The molecule has 0 aliphatic carbocycles. The van der Waals surface area contributed by atoms with Gasteiger partial charge >= 0.3 is 0 Å². The Bertz CT molecular complexity index is 91.6. The smallest absolute Gasteiger partial charge is 0.161 e. The van der Waals surface area contributed by atoms with E-state index in [0.717, 1.165) is 32.6 Å². The molecule has 0 aromatic heterocycles. The highest BCUT2D eigenvalue weighted by molar-refractivity contribution is 4.79. The fourth-order valence-corrected chi connectivity index (χ4v) is 1.15. The lowest BCUT2D eigenvalue weighted by atomic mass is 10.3. The van der Waals surface area contributed by atoms with Gasteiger partial charge in [-0.25, -0.2) is 0 Å². The second kappa shape index (κ2) is 3.91. The van der Waals surface area contributed by atoms with Gasteiger partial charge in [-0.2, -0.15) is 0 Å². The van der Waals surface area contributed by atoms with Crippen molar-refractivity contribution >= 4 is 0 Å². The minimum absolute atomic E-state index is 0.529. The first-order valence-corrected chi connectivity index (χ1v) is 3.85. The molecule has 0 bridgehead atoms. The Morgan fingerprint density at radius 1 is 1.50 bits per heavy atom. The summed E-state index contributed by atoms with van der Waals surface area (Å²) in [5.41, 5.74) is 0. The van der Waals surface area contributed by atoms with E-state index in [2.05, 4.69) is 5.32 Å². The number of rotatable bonds is 2. The molecule has 1 aliphatic heterocycles. The van der Waals surface area contributed by atoms with Gasteiger partial charge in [0.2, 0.25) is 0 Å². The van der Waals surface area contributed by atoms with Gasteiger partial charge in [0.05, 0.1) is 0 Å². The Hall–Kier alpha value is -0.120. The monoisotopic (exact) mass is 143 g/mol. The summed E-state index contributed by atoms with van der Waals surface area (Å²) in [7, 11) is 0. The van der Waals surface area contributed by atoms with Crippen molar-refractivity contribution in [1.82, 2.24) is 10.2 Å². The third kappa shape index (κ3) is 1.94. The summed E-state index contributed by atoms with van der Waals surface area (Å²) < 4.78 is 0. The van der Waals surface area contributed by atoms with Gasteiger partial charge in [0.15, 0.2) is 6.23 Å². The van der Waals surface area contributed by atoms with Gasteiger partial charge in [-0.3, -0.25) is 4.90 Å². The summed E-state index contributed by atoms with van der Waals surface area (Å²) in [6.45, 7) is 5.84. The normalized spacial score (nSPS) is 21.9. The number of aliphatic hydroxyl groups excluding tert-OH is 1. The van der Waals surface area contributed by atoms with E-state index in [1.54, 1.807) is 0 Å². The van der Waals surface area contributed by atoms with Crippen LogP contribution in [0.15, 0.2) is 0 Å². The molecule has 3 nitrogen and oxygen atoms in total. The van der Waals surface area contributed by atoms with Gasteiger partial charge < -0.3 is 10.4 Å². The molecule has 0 aromatic carbocycles. The summed E-state index contributed by atoms with van der Waals surface area (Å²) >= 11 is 0. The van der Waals surface area contributed by atoms with Crippen molar-refractivity contribution in [2.75, 3.05) is 26.2 Å². The molecular formula is C7H15N2O. The largest absolute Gasteiger partial charge is 0.371 e. The molecule has 1 rings (SSSR count). The van der Waals surface area contributed by atoms with Crippen LogP contribution in [0.25, 0.3) is 0 Å². The van der Waals surface area contributed by atoms with Gasteiger partial charge in [0.25, 0.3) is 0 Å². The second-order valence-corrected chi connectivity index (χ2v) is 2.51. The summed E-state index contributed by atoms with van der Waals surface area (Å²) in [6.07, 6.45) is 1.28. The number of nitrogens with zero attached hydrogens (tertiary/aromatic N) is 1. The first-order valence-electron chi connectivity index (χ1n) is 3.85. The van der Waals surface area contributed by atoms with Gasteiger partial charge in [0.1, 0.15) is 0 Å². The molecule has 0 saturated carbocycles. The molecule has 59 valence electrons. The Labute approximate surface area is 62.0 Å². The lowest BCUT2D eigenvalue weighted by Crippen LogP contribution is -2.45. The summed E-state index contributed by atoms with van der Waals surface area (Å²) in [4.78, 5) is 2.02. The predicted octanol–water partition coefficient (Wildman–Crippen LogP) is 0.164. The molecule has 0 unspecified atom stereocenters. The van der Waals surface area contributed by atoms with Crippen LogP contribution in [0, 0.1) is 6.23 Å². The van der Waals surface area contributed by atoms with Crippen molar-refractivity contribution in [2.24, 2.45) is 0 Å². The molecule has 1 aliphatic rings. The summed E-state index contributed by atoms with van der Waals surface area (Å²) in [5, 5.41) is 12.5. The number of hydrogen-bond donors (Lipinski definition) is 2. The van der Waals surface area contributed by atoms with Crippen molar-refractivity contribution in [3.63, 3.8) is 0 Å². The topological polar surface area (TPSA) is 35.5 Å². The maximum Gasteiger partial charge on any atom is 0.161 e. The lowest BCUT2D eigenvalue weighted by Gasteiger charge is -2.29. The number of hydrogen-bond acceptors (Lipinski definition) is 3. The molecule has 0 spiro atoms. The highest BCUT2D eigenvalue weighted by Gasteiger charge is 2.16. The molecule has 10 heavy (non-hydrogen) atoms. The lowest BCUT2D eigenvalue weighted by molar-refractivity contribution is 0.0939. The number of nitrogens with one attached hydrogen (secondary N) is 1. The van der Waals surface area contributed by atoms with E-state index in [-0.39, 0.29) is 0 Å². The minimum atomic E-state index is 0.529. The zero-order valence-corrected chi connectivity index (χ0v) is 6.43. The molecule has 1 radical (unpaired) electrons. The van der Waals surface area contributed by atoms with Crippen LogP contribution in [-0.4, -0.2) is 36.2 Å². The van der Waals surface area contributed by atoms with Gasteiger partial charge in [0, 0.05) is 26.2 Å². The van der Waals surface area contributed by atoms with Crippen molar-refractivity contribution in [1.29, 1.82) is 0 Å². The van der Waals surface area contributed by atoms with E-state index in [4.69, 9.17) is 0 Å². The second-order valence-electron chi connectivity index (χ2n) is 2.51. The number of piperazine rings is 1. The fourth-order valence-electron chi connectivity index (χ4n) is 1.15. The molecule has 1 heterocycles. The first-order chi connectivity index (χ1) is 4.84. The molecule has 3 heteroatoms. The molecule has 1 fully saturated rings. The van der Waals surface area contributed by atoms with Crippen molar-refractivity contribution < 1.29 is 5.11 Å². The van der Waals surface area contributed by atoms with Gasteiger partial charge in [-0.15, -0.1) is 0 Å². The molecule has 0 amide bonds. The van der Waals surface area contributed by atoms with E-state index in [1.807, 2.05) is 11.8 Å². The van der Waals surface area contributed by atoms with Crippen LogP contribution in [0.5, 0.6) is 0 Å². The fraction of sp³-hybridized carbons (Fsp3) is 0.857. The highest BCUT2D eigenvalue weighted by atomic mass is 16.3. The van der Waals surface area contributed by atoms with E-state index < -0.39 is 0 Å².